The number of carbonyl (C=O) groups is 19. The maximum absolute atomic E-state index is 14.4. The lowest BCUT2D eigenvalue weighted by molar-refractivity contribution is -0.142. The van der Waals surface area contributed by atoms with E-state index in [0.717, 1.165) is 0 Å². The van der Waals surface area contributed by atoms with E-state index < -0.39 is 265 Å². The number of aliphatic hydroxyl groups is 1. The van der Waals surface area contributed by atoms with Gasteiger partial charge in [0.1, 0.15) is 84.6 Å². The number of imidazole rings is 2. The molecule has 2 aromatic heterocycles. The molecule has 17 amide bonds. The van der Waals surface area contributed by atoms with Crippen LogP contribution in [0.5, 0.6) is 0 Å². The summed E-state index contributed by atoms with van der Waals surface area (Å²) >= 11 is 1.21. The minimum atomic E-state index is -1.94. The summed E-state index contributed by atoms with van der Waals surface area (Å²) in [6.45, 7) is 13.4. The molecule has 0 bridgehead atoms. The molecule has 32 N–H and O–H groups in total. The van der Waals surface area contributed by atoms with Crippen LogP contribution in [0, 0.1) is 29.1 Å². The van der Waals surface area contributed by atoms with Crippen LogP contribution in [-0.4, -0.2) is 282 Å². The molecule has 48 nitrogen and oxygen atoms in total. The van der Waals surface area contributed by atoms with Crippen molar-refractivity contribution in [2.45, 2.75) is 243 Å². The van der Waals surface area contributed by atoms with E-state index in [1.54, 1.807) is 34.0 Å². The highest BCUT2D eigenvalue weighted by atomic mass is 32.2. The van der Waals surface area contributed by atoms with Crippen molar-refractivity contribution in [2.75, 3.05) is 38.2 Å². The Morgan fingerprint density at radius 2 is 0.821 bits per heavy atom. The molecule has 2 rings (SSSR count). The van der Waals surface area contributed by atoms with Gasteiger partial charge in [0.2, 0.25) is 100 Å². The zero-order valence-corrected chi connectivity index (χ0v) is 71.6. The number of aromatic amines is 2. The summed E-state index contributed by atoms with van der Waals surface area (Å²) in [6, 6.07) is -23.6. The fraction of sp³-hybridized carbons (Fsp3) is 0.649. The molecule has 0 saturated carbocycles. The van der Waals surface area contributed by atoms with Crippen molar-refractivity contribution in [3.8, 4) is 0 Å². The highest BCUT2D eigenvalue weighted by Gasteiger charge is 2.41. The summed E-state index contributed by atoms with van der Waals surface area (Å²) in [5, 5.41) is 76.7. The SMILES string of the molecule is CC[C@H](C)[C@H](NC(=O)[C@H](CC(N)=O)NC(=O)[C@H](C)N)C(=O)N[C@@H](CCCNC(=N)N)C(=O)N[C@@H](CC(N)=O)C(=O)N[C@@H](CCSC)C(=O)N[C@@H](CO)C(=O)N[C@H](C(=O)N[C@H](C(=O)N[C@@H](C)C(=O)N[C@@H](Cc1c[nH]cn1)C(=O)N[C@H](C(=O)N[C@@H](CC(=O)O)C(=O)N[C@@H](Cc1c[nH]cn1)C(=O)NCC(=O)N[C@@H](CCCCN)C(=O)O)C(C)C)[C@@H](C)CC)C(C)C. The van der Waals surface area contributed by atoms with Crippen LogP contribution in [0.15, 0.2) is 25.0 Å². The van der Waals surface area contributed by atoms with E-state index in [4.69, 9.17) is 34.1 Å². The Kier molecular flexibility index (Phi) is 47.8. The molecule has 0 spiro atoms. The van der Waals surface area contributed by atoms with Gasteiger partial charge in [-0.3, -0.25) is 91.7 Å². The average molecular weight is 1760 g/mol. The Bertz CT molecular complexity index is 3910. The Balaban J connectivity index is 2.40. The van der Waals surface area contributed by atoms with Crippen molar-refractivity contribution in [3.63, 3.8) is 0 Å². The maximum atomic E-state index is 14.4. The molecule has 0 saturated heterocycles. The molecule has 0 fully saturated rings. The number of hydrogen-bond donors (Lipinski definition) is 27. The highest BCUT2D eigenvalue weighted by molar-refractivity contribution is 7.98. The van der Waals surface area contributed by atoms with Gasteiger partial charge in [-0.15, -0.1) is 0 Å². The number of thioether (sulfide) groups is 1. The number of carboxylic acids is 2. The first kappa shape index (κ1) is 107. The van der Waals surface area contributed by atoms with Gasteiger partial charge in [-0.1, -0.05) is 68.2 Å². The number of H-pyrrole nitrogens is 2. The van der Waals surface area contributed by atoms with Gasteiger partial charge in [-0.2, -0.15) is 11.8 Å². The van der Waals surface area contributed by atoms with Gasteiger partial charge in [0, 0.05) is 31.8 Å². The Morgan fingerprint density at radius 3 is 1.27 bits per heavy atom. The lowest BCUT2D eigenvalue weighted by Crippen LogP contribution is -2.62. The number of primary amides is 2. The molecule has 49 heteroatoms. The van der Waals surface area contributed by atoms with E-state index in [1.807, 2.05) is 0 Å². The number of aliphatic hydroxyl groups excluding tert-OH is 1. The van der Waals surface area contributed by atoms with E-state index in [0.29, 0.717) is 12.8 Å². The van der Waals surface area contributed by atoms with Crippen molar-refractivity contribution >= 4 is 130 Å². The first-order chi connectivity index (χ1) is 57.8. The van der Waals surface area contributed by atoms with Crippen LogP contribution < -0.4 is 114 Å². The van der Waals surface area contributed by atoms with E-state index >= 15 is 0 Å². The standard InChI is InChI=1S/C74H124N26O22S/c1-12-36(7)57(71(119)87-39(10)60(108)92-46(24-41-29-82-33-86-41)66(114)97-55(34(3)4)69(117)95-49(27-54(105)106)65(113)93-45(23-40-28-81-32-85-40)61(109)84-30-53(104)88-44(73(121)122)17-14-15-20-75)100-70(118)56(35(5)6)98-68(116)50(31-101)96-63(111)43(19-22-123-11)89-64(112)47(25-51(77)102)94-62(110)42(18-16-21-83-74(79)80)90-72(120)58(37(8)13-2)99-67(115)48(26-52(78)103)91-59(107)38(9)76/h28-29,32-39,42-50,55-58,101H,12-27,30-31,75-76H2,1-11H3,(H2,77,102)(H2,78,103)(H,81,85)(H,82,86)(H,84,109)(H,87,119)(H,88,104)(H,89,112)(H,90,120)(H,91,107)(H,92,108)(H,93,113)(H,94,110)(H,95,117)(H,96,111)(H,97,114)(H,98,116)(H,99,115)(H,100,118)(H,105,106)(H,121,122)(H4,79,80,83)/t36-,37-,38-,39-,42-,43-,44-,45-,46-,47-,48-,49-,50-,55-,56-,57-,58-/m0/s1. The van der Waals surface area contributed by atoms with Crippen LogP contribution in [0.4, 0.5) is 0 Å². The fourth-order valence-electron chi connectivity index (χ4n) is 11.7. The van der Waals surface area contributed by atoms with E-state index in [1.165, 1.54) is 78.4 Å². The zero-order valence-electron chi connectivity index (χ0n) is 70.8. The third-order valence-corrected chi connectivity index (χ3v) is 19.9. The summed E-state index contributed by atoms with van der Waals surface area (Å²) < 4.78 is 0. The largest absolute Gasteiger partial charge is 0.481 e. The summed E-state index contributed by atoms with van der Waals surface area (Å²) in [7, 11) is 0. The van der Waals surface area contributed by atoms with E-state index in [9.17, 15) is 106 Å². The number of nitrogens with zero attached hydrogens (tertiary/aromatic N) is 2. The second kappa shape index (κ2) is 55.0. The molecule has 2 aromatic rings. The van der Waals surface area contributed by atoms with E-state index in [-0.39, 0.29) is 81.6 Å². The van der Waals surface area contributed by atoms with Gasteiger partial charge >= 0.3 is 11.9 Å². The molecule has 0 aromatic carbocycles. The fourth-order valence-corrected chi connectivity index (χ4v) is 12.2. The normalized spacial score (nSPS) is 15.3. The van der Waals surface area contributed by atoms with Crippen LogP contribution in [0.2, 0.25) is 0 Å². The maximum Gasteiger partial charge on any atom is 0.326 e. The van der Waals surface area contributed by atoms with Gasteiger partial charge in [-0.25, -0.2) is 14.8 Å². The quantitative estimate of drug-likeness (QED) is 0.0166. The predicted octanol–water partition coefficient (Wildman–Crippen LogP) is -8.96. The molecular weight excluding hydrogens is 1640 g/mol. The molecule has 2 heterocycles. The smallest absolute Gasteiger partial charge is 0.326 e. The minimum Gasteiger partial charge on any atom is -0.481 e. The van der Waals surface area contributed by atoms with Crippen LogP contribution in [0.1, 0.15) is 151 Å². The lowest BCUT2D eigenvalue weighted by atomic mass is 9.96. The summed E-state index contributed by atoms with van der Waals surface area (Å²) in [5.41, 5.74) is 27.9. The van der Waals surface area contributed by atoms with Crippen molar-refractivity contribution in [1.29, 1.82) is 5.41 Å². The average Bonchev–Trinajstić information content (AvgIpc) is 1.73. The number of nitrogens with two attached hydrogens (primary N) is 5. The summed E-state index contributed by atoms with van der Waals surface area (Å²) in [4.78, 5) is 272. The first-order valence-electron chi connectivity index (χ1n) is 39.9. The number of aromatic nitrogens is 4. The molecule has 0 aliphatic rings. The number of carbonyl (C=O) groups excluding carboxylic acids is 17. The van der Waals surface area contributed by atoms with E-state index in [2.05, 4.69) is 105 Å². The third kappa shape index (κ3) is 39.1. The number of unbranched alkanes of at least 4 members (excludes halogenated alkanes) is 1. The second-order valence-electron chi connectivity index (χ2n) is 30.1. The number of amides is 17. The summed E-state index contributed by atoms with van der Waals surface area (Å²) in [5.74, 6) is -23.9. The minimum absolute atomic E-state index is 0.0151. The molecular formula is C74H124N26O22S. The Hall–Kier alpha value is -12.1. The molecule has 0 aliphatic heterocycles. The van der Waals surface area contributed by atoms with Gasteiger partial charge < -0.3 is 139 Å². The van der Waals surface area contributed by atoms with Gasteiger partial charge in [-0.05, 0) is 94.6 Å². The second-order valence-corrected chi connectivity index (χ2v) is 31.1. The number of carboxylic acid groups (broad SMARTS) is 2. The van der Waals surface area contributed by atoms with Crippen LogP contribution >= 0.6 is 11.8 Å². The highest BCUT2D eigenvalue weighted by Crippen LogP contribution is 2.16. The van der Waals surface area contributed by atoms with Crippen molar-refractivity contribution in [2.24, 2.45) is 52.3 Å². The van der Waals surface area contributed by atoms with Gasteiger partial charge in [0.25, 0.3) is 0 Å². The topological polar surface area (TPSA) is 789 Å². The summed E-state index contributed by atoms with van der Waals surface area (Å²) in [6.07, 6.45) is 4.50. The van der Waals surface area contributed by atoms with Crippen molar-refractivity contribution in [3.05, 3.63) is 36.4 Å². The van der Waals surface area contributed by atoms with Crippen molar-refractivity contribution in [1.82, 2.24) is 105 Å². The monoisotopic (exact) mass is 1760 g/mol. The number of rotatable bonds is 59. The third-order valence-electron chi connectivity index (χ3n) is 19.2. The van der Waals surface area contributed by atoms with Crippen LogP contribution in [0.3, 0.4) is 0 Å². The van der Waals surface area contributed by atoms with Gasteiger partial charge in [0.05, 0.1) is 62.5 Å². The molecule has 123 heavy (non-hydrogen) atoms. The van der Waals surface area contributed by atoms with Gasteiger partial charge in [0.15, 0.2) is 5.96 Å². The molecule has 17 atom stereocenters. The predicted molar refractivity (Wildman–Crippen MR) is 442 cm³/mol. The molecule has 0 unspecified atom stereocenters. The number of aliphatic carboxylic acids is 2. The Morgan fingerprint density at radius 1 is 0.439 bits per heavy atom. The van der Waals surface area contributed by atoms with Crippen LogP contribution in [-0.2, 0) is 104 Å². The number of hydrogen-bond acceptors (Lipinski definition) is 26. The Labute approximate surface area is 714 Å². The zero-order chi connectivity index (χ0) is 93.1. The molecule has 0 aliphatic carbocycles. The number of nitrogens with one attached hydrogen (secondary N) is 19. The lowest BCUT2D eigenvalue weighted by Gasteiger charge is -2.30. The molecule has 688 valence electrons. The van der Waals surface area contributed by atoms with Crippen molar-refractivity contribution < 1.29 is 106 Å². The molecule has 0 radical (unpaired) electrons. The first-order valence-corrected chi connectivity index (χ1v) is 41.3. The number of guanidine groups is 1. The van der Waals surface area contributed by atoms with Crippen LogP contribution in [0.25, 0.3) is 0 Å².